The molecule has 0 saturated carbocycles. The average molecular weight is 268 g/mol. The van der Waals surface area contributed by atoms with Crippen molar-refractivity contribution in [1.29, 1.82) is 0 Å². The summed E-state index contributed by atoms with van der Waals surface area (Å²) in [7, 11) is 0. The maximum atomic E-state index is 11.8. The zero-order chi connectivity index (χ0) is 10.6. The fraction of sp³-hybridized carbons (Fsp3) is 0.333. The fourth-order valence-electron chi connectivity index (χ4n) is 0.943. The van der Waals surface area contributed by atoms with E-state index >= 15 is 0 Å². The molecule has 78 valence electrons. The van der Waals surface area contributed by atoms with Gasteiger partial charge >= 0.3 is 6.18 Å². The highest BCUT2D eigenvalue weighted by Crippen LogP contribution is 2.23. The minimum atomic E-state index is -4.10. The second-order valence-corrected chi connectivity index (χ2v) is 3.63. The third-order valence-electron chi connectivity index (χ3n) is 1.60. The predicted octanol–water partition coefficient (Wildman–Crippen LogP) is 3.81. The molecule has 5 heteroatoms. The van der Waals surface area contributed by atoms with Gasteiger partial charge in [-0.15, -0.1) is 0 Å². The van der Waals surface area contributed by atoms with Gasteiger partial charge in [0.25, 0.3) is 0 Å². The molecule has 0 amide bonds. The normalized spacial score (nSPS) is 11.4. The number of halogens is 4. The highest BCUT2D eigenvalue weighted by Gasteiger charge is 2.26. The van der Waals surface area contributed by atoms with Crippen LogP contribution in [0.25, 0.3) is 0 Å². The highest BCUT2D eigenvalue weighted by molar-refractivity contribution is 9.10. The Hall–Kier alpha value is -0.710. The van der Waals surface area contributed by atoms with E-state index in [-0.39, 0.29) is 6.54 Å². The monoisotopic (exact) mass is 267 g/mol. The van der Waals surface area contributed by atoms with E-state index in [2.05, 4.69) is 21.2 Å². The van der Waals surface area contributed by atoms with Gasteiger partial charge in [-0.3, -0.25) is 0 Å². The zero-order valence-corrected chi connectivity index (χ0v) is 8.82. The molecule has 0 spiro atoms. The van der Waals surface area contributed by atoms with Gasteiger partial charge in [0.15, 0.2) is 0 Å². The molecule has 0 atom stereocenters. The van der Waals surface area contributed by atoms with Crippen LogP contribution < -0.4 is 5.32 Å². The fourth-order valence-corrected chi connectivity index (χ4v) is 1.37. The molecule has 0 aromatic heterocycles. The van der Waals surface area contributed by atoms with Crippen LogP contribution in [0.1, 0.15) is 6.42 Å². The first-order valence-electron chi connectivity index (χ1n) is 4.04. The molecule has 0 saturated heterocycles. The summed E-state index contributed by atoms with van der Waals surface area (Å²) >= 11 is 3.23. The lowest BCUT2D eigenvalue weighted by Gasteiger charge is -2.09. The lowest BCUT2D eigenvalue weighted by molar-refractivity contribution is -0.131. The van der Waals surface area contributed by atoms with Crippen molar-refractivity contribution >= 4 is 21.6 Å². The Kier molecular flexibility index (Phi) is 3.80. The Balaban J connectivity index is 2.43. The Morgan fingerprint density at radius 2 is 1.86 bits per heavy atom. The van der Waals surface area contributed by atoms with Crippen molar-refractivity contribution < 1.29 is 13.2 Å². The quantitative estimate of drug-likeness (QED) is 0.878. The summed E-state index contributed by atoms with van der Waals surface area (Å²) in [5, 5.41) is 2.70. The number of para-hydroxylation sites is 1. The molecule has 1 aromatic carbocycles. The Bertz CT molecular complexity index is 298. The maximum absolute atomic E-state index is 11.8. The van der Waals surface area contributed by atoms with Crippen LogP contribution in [0.2, 0.25) is 0 Å². The third kappa shape index (κ3) is 4.00. The summed E-state index contributed by atoms with van der Waals surface area (Å²) in [6, 6.07) is 7.07. The van der Waals surface area contributed by atoms with Crippen molar-refractivity contribution in [1.82, 2.24) is 0 Å². The third-order valence-corrected chi connectivity index (χ3v) is 2.29. The van der Waals surface area contributed by atoms with Gasteiger partial charge in [0, 0.05) is 16.7 Å². The van der Waals surface area contributed by atoms with Crippen LogP contribution in [-0.4, -0.2) is 12.7 Å². The van der Waals surface area contributed by atoms with Gasteiger partial charge in [0.05, 0.1) is 6.42 Å². The van der Waals surface area contributed by atoms with E-state index in [0.29, 0.717) is 5.69 Å². The Labute approximate surface area is 88.4 Å². The molecule has 1 aromatic rings. The zero-order valence-electron chi connectivity index (χ0n) is 7.24. The first-order valence-corrected chi connectivity index (χ1v) is 4.83. The lowest BCUT2D eigenvalue weighted by Crippen LogP contribution is -2.14. The summed E-state index contributed by atoms with van der Waals surface area (Å²) in [4.78, 5) is 0. The van der Waals surface area contributed by atoms with E-state index in [1.165, 1.54) is 0 Å². The first kappa shape index (κ1) is 11.4. The first-order chi connectivity index (χ1) is 6.49. The SMILES string of the molecule is FC(F)(F)CCNc1ccccc1Br. The number of hydrogen-bond donors (Lipinski definition) is 1. The molecule has 0 aliphatic rings. The van der Waals surface area contributed by atoms with E-state index in [9.17, 15) is 13.2 Å². The molecule has 0 unspecified atom stereocenters. The van der Waals surface area contributed by atoms with Crippen LogP contribution in [0, 0.1) is 0 Å². The topological polar surface area (TPSA) is 12.0 Å². The van der Waals surface area contributed by atoms with E-state index in [0.717, 1.165) is 4.47 Å². The molecule has 1 nitrogen and oxygen atoms in total. The van der Waals surface area contributed by atoms with Gasteiger partial charge in [-0.25, -0.2) is 0 Å². The molecule has 0 aliphatic carbocycles. The van der Waals surface area contributed by atoms with Crippen LogP contribution >= 0.6 is 15.9 Å². The second-order valence-electron chi connectivity index (χ2n) is 2.77. The van der Waals surface area contributed by atoms with Crippen molar-refractivity contribution in [2.24, 2.45) is 0 Å². The minimum absolute atomic E-state index is 0.105. The summed E-state index contributed by atoms with van der Waals surface area (Å²) < 4.78 is 36.2. The van der Waals surface area contributed by atoms with Gasteiger partial charge in [0.2, 0.25) is 0 Å². The van der Waals surface area contributed by atoms with Gasteiger partial charge in [-0.1, -0.05) is 12.1 Å². The number of nitrogens with one attached hydrogen (secondary N) is 1. The number of benzene rings is 1. The van der Waals surface area contributed by atoms with E-state index in [4.69, 9.17) is 0 Å². The van der Waals surface area contributed by atoms with Crippen molar-refractivity contribution in [3.8, 4) is 0 Å². The minimum Gasteiger partial charge on any atom is -0.384 e. The summed E-state index contributed by atoms with van der Waals surface area (Å²) in [6.07, 6.45) is -4.93. The van der Waals surface area contributed by atoms with Crippen molar-refractivity contribution in [3.63, 3.8) is 0 Å². The Morgan fingerprint density at radius 3 is 2.43 bits per heavy atom. The van der Waals surface area contributed by atoms with E-state index < -0.39 is 12.6 Å². The molecule has 1 N–H and O–H groups in total. The Morgan fingerprint density at radius 1 is 1.21 bits per heavy atom. The van der Waals surface area contributed by atoms with Crippen LogP contribution in [0.15, 0.2) is 28.7 Å². The molecule has 0 aliphatic heterocycles. The predicted molar refractivity (Wildman–Crippen MR) is 53.3 cm³/mol. The van der Waals surface area contributed by atoms with Crippen LogP contribution in [-0.2, 0) is 0 Å². The van der Waals surface area contributed by atoms with Gasteiger partial charge in [-0.2, -0.15) is 13.2 Å². The summed E-state index contributed by atoms with van der Waals surface area (Å²) in [6.45, 7) is -0.105. The number of hydrogen-bond acceptors (Lipinski definition) is 1. The molecular formula is C9H9BrF3N. The standard InChI is InChI=1S/C9H9BrF3N/c10-7-3-1-2-4-8(7)14-6-5-9(11,12)13/h1-4,14H,5-6H2. The summed E-state index contributed by atoms with van der Waals surface area (Å²) in [5.74, 6) is 0. The average Bonchev–Trinajstić information content (AvgIpc) is 2.06. The highest BCUT2D eigenvalue weighted by atomic mass is 79.9. The molecule has 0 bridgehead atoms. The molecule has 0 fully saturated rings. The van der Waals surface area contributed by atoms with Gasteiger partial charge in [-0.05, 0) is 28.1 Å². The molecule has 14 heavy (non-hydrogen) atoms. The van der Waals surface area contributed by atoms with E-state index in [1.54, 1.807) is 24.3 Å². The van der Waals surface area contributed by atoms with Crippen LogP contribution in [0.5, 0.6) is 0 Å². The molecule has 0 radical (unpaired) electrons. The van der Waals surface area contributed by atoms with Crippen LogP contribution in [0.3, 0.4) is 0 Å². The smallest absolute Gasteiger partial charge is 0.384 e. The maximum Gasteiger partial charge on any atom is 0.390 e. The summed E-state index contributed by atoms with van der Waals surface area (Å²) in [5.41, 5.74) is 0.678. The van der Waals surface area contributed by atoms with Crippen molar-refractivity contribution in [2.75, 3.05) is 11.9 Å². The van der Waals surface area contributed by atoms with Crippen LogP contribution in [0.4, 0.5) is 18.9 Å². The molecular weight excluding hydrogens is 259 g/mol. The number of rotatable bonds is 3. The molecule has 0 heterocycles. The van der Waals surface area contributed by atoms with Crippen molar-refractivity contribution in [3.05, 3.63) is 28.7 Å². The number of anilines is 1. The van der Waals surface area contributed by atoms with Gasteiger partial charge < -0.3 is 5.32 Å². The largest absolute Gasteiger partial charge is 0.390 e. The second kappa shape index (κ2) is 4.68. The van der Waals surface area contributed by atoms with Gasteiger partial charge in [0.1, 0.15) is 0 Å². The number of alkyl halides is 3. The lowest BCUT2D eigenvalue weighted by atomic mass is 10.3. The van der Waals surface area contributed by atoms with E-state index in [1.807, 2.05) is 0 Å². The van der Waals surface area contributed by atoms with Crippen molar-refractivity contribution in [2.45, 2.75) is 12.6 Å². The molecule has 1 rings (SSSR count).